The molecule has 18 heavy (non-hydrogen) atoms. The van der Waals surface area contributed by atoms with Gasteiger partial charge in [-0.2, -0.15) is 8.42 Å². The van der Waals surface area contributed by atoms with E-state index in [-0.39, 0.29) is 18.1 Å². The van der Waals surface area contributed by atoms with E-state index in [1.54, 1.807) is 7.05 Å². The van der Waals surface area contributed by atoms with Crippen LogP contribution in [0.25, 0.3) is 0 Å². The van der Waals surface area contributed by atoms with Crippen molar-refractivity contribution in [3.05, 3.63) is 0 Å². The Morgan fingerprint density at radius 2 is 1.72 bits per heavy atom. The molecule has 0 bridgehead atoms. The monoisotopic (exact) mass is 279 g/mol. The second-order valence-electron chi connectivity index (χ2n) is 4.62. The third kappa shape index (κ3) is 10.5. The van der Waals surface area contributed by atoms with Crippen LogP contribution in [0.1, 0.15) is 51.9 Å². The molecule has 0 atom stereocenters. The molecular weight excluding hydrogens is 254 g/mol. The summed E-state index contributed by atoms with van der Waals surface area (Å²) in [5.74, 6) is -0.247. The minimum absolute atomic E-state index is 0.0434. The van der Waals surface area contributed by atoms with Crippen LogP contribution in [0, 0.1) is 0 Å². The summed E-state index contributed by atoms with van der Waals surface area (Å²) in [7, 11) is -2.25. The average Bonchev–Trinajstić information content (AvgIpc) is 2.26. The zero-order valence-electron chi connectivity index (χ0n) is 11.4. The normalized spacial score (nSPS) is 11.5. The number of hydrogen-bond donors (Lipinski definition) is 1. The lowest BCUT2D eigenvalue weighted by atomic mass is 10.1. The maximum atomic E-state index is 11.6. The second-order valence-corrected chi connectivity index (χ2v) is 6.19. The van der Waals surface area contributed by atoms with Crippen molar-refractivity contribution in [2.24, 2.45) is 0 Å². The third-order valence-corrected chi connectivity index (χ3v) is 3.62. The van der Waals surface area contributed by atoms with Gasteiger partial charge in [-0.15, -0.1) is 0 Å². The number of unbranched alkanes of at least 4 members (excludes halogenated alkanes) is 4. The van der Waals surface area contributed by atoms with E-state index in [4.69, 9.17) is 4.55 Å². The van der Waals surface area contributed by atoms with E-state index in [2.05, 4.69) is 6.92 Å². The zero-order valence-corrected chi connectivity index (χ0v) is 12.2. The van der Waals surface area contributed by atoms with Gasteiger partial charge in [-0.25, -0.2) is 0 Å². The number of carbonyl (C=O) groups is 1. The van der Waals surface area contributed by atoms with Crippen molar-refractivity contribution in [1.82, 2.24) is 4.90 Å². The fourth-order valence-corrected chi connectivity index (χ4v) is 2.17. The van der Waals surface area contributed by atoms with Crippen LogP contribution in [-0.4, -0.2) is 43.1 Å². The van der Waals surface area contributed by atoms with Gasteiger partial charge in [0, 0.05) is 20.0 Å². The molecule has 1 amide bonds. The molecule has 5 nitrogen and oxygen atoms in total. The van der Waals surface area contributed by atoms with Gasteiger partial charge in [0.1, 0.15) is 0 Å². The first-order valence-corrected chi connectivity index (χ1v) is 8.17. The first-order chi connectivity index (χ1) is 8.37. The maximum Gasteiger partial charge on any atom is 0.264 e. The quantitative estimate of drug-likeness (QED) is 0.491. The zero-order chi connectivity index (χ0) is 14.0. The Morgan fingerprint density at radius 1 is 1.11 bits per heavy atom. The molecule has 0 aromatic rings. The minimum atomic E-state index is -3.91. The molecule has 6 heteroatoms. The van der Waals surface area contributed by atoms with E-state index in [0.717, 1.165) is 19.3 Å². The van der Waals surface area contributed by atoms with Crippen LogP contribution in [0.4, 0.5) is 0 Å². The predicted octanol–water partition coefficient (Wildman–Crippen LogP) is 2.08. The van der Waals surface area contributed by atoms with Crippen molar-refractivity contribution < 1.29 is 17.8 Å². The Morgan fingerprint density at radius 3 is 2.28 bits per heavy atom. The summed E-state index contributed by atoms with van der Waals surface area (Å²) >= 11 is 0. The highest BCUT2D eigenvalue weighted by Crippen LogP contribution is 2.06. The largest absolute Gasteiger partial charge is 0.346 e. The molecule has 0 aromatic heterocycles. The fourth-order valence-electron chi connectivity index (χ4n) is 1.68. The van der Waals surface area contributed by atoms with Crippen molar-refractivity contribution in [1.29, 1.82) is 0 Å². The summed E-state index contributed by atoms with van der Waals surface area (Å²) in [6.07, 6.45) is 6.31. The van der Waals surface area contributed by atoms with E-state index in [1.807, 2.05) is 0 Å². The molecule has 0 saturated carbocycles. The summed E-state index contributed by atoms with van der Waals surface area (Å²) in [6, 6.07) is 0. The van der Waals surface area contributed by atoms with E-state index in [0.29, 0.717) is 13.0 Å². The highest BCUT2D eigenvalue weighted by molar-refractivity contribution is 7.85. The first kappa shape index (κ1) is 17.4. The van der Waals surface area contributed by atoms with Crippen molar-refractivity contribution in [3.8, 4) is 0 Å². The van der Waals surface area contributed by atoms with Crippen molar-refractivity contribution in [3.63, 3.8) is 0 Å². The van der Waals surface area contributed by atoms with Gasteiger partial charge >= 0.3 is 0 Å². The molecule has 0 aliphatic rings. The summed E-state index contributed by atoms with van der Waals surface area (Å²) < 4.78 is 29.6. The number of carbonyl (C=O) groups excluding carboxylic acids is 1. The lowest BCUT2D eigenvalue weighted by Crippen LogP contribution is -2.28. The Bertz CT molecular complexity index is 327. The lowest BCUT2D eigenvalue weighted by molar-refractivity contribution is -0.130. The molecule has 0 aromatic carbocycles. The van der Waals surface area contributed by atoms with E-state index in [1.165, 1.54) is 17.7 Å². The summed E-state index contributed by atoms with van der Waals surface area (Å²) in [5.41, 5.74) is 0. The molecule has 0 rings (SSSR count). The van der Waals surface area contributed by atoms with Gasteiger partial charge in [-0.05, 0) is 12.8 Å². The van der Waals surface area contributed by atoms with Gasteiger partial charge in [-0.3, -0.25) is 9.35 Å². The maximum absolute atomic E-state index is 11.6. The topological polar surface area (TPSA) is 74.7 Å². The van der Waals surface area contributed by atoms with E-state index >= 15 is 0 Å². The van der Waals surface area contributed by atoms with Crippen molar-refractivity contribution in [2.45, 2.75) is 51.9 Å². The summed E-state index contributed by atoms with van der Waals surface area (Å²) in [5, 5.41) is 0. The molecule has 0 spiro atoms. The smallest absolute Gasteiger partial charge is 0.264 e. The number of rotatable bonds is 10. The second kappa shape index (κ2) is 9.33. The Labute approximate surface area is 110 Å². The van der Waals surface area contributed by atoms with Crippen LogP contribution in [0.15, 0.2) is 0 Å². The average molecular weight is 279 g/mol. The molecule has 0 unspecified atom stereocenters. The Hall–Kier alpha value is -0.620. The summed E-state index contributed by atoms with van der Waals surface area (Å²) in [4.78, 5) is 13.2. The molecular formula is C12H25NO4S. The third-order valence-electron chi connectivity index (χ3n) is 2.82. The Balaban J connectivity index is 3.63. The molecule has 0 aliphatic carbocycles. The molecule has 108 valence electrons. The van der Waals surface area contributed by atoms with E-state index < -0.39 is 10.1 Å². The van der Waals surface area contributed by atoms with Crippen molar-refractivity contribution in [2.75, 3.05) is 19.3 Å². The van der Waals surface area contributed by atoms with E-state index in [9.17, 15) is 13.2 Å². The van der Waals surface area contributed by atoms with Crippen LogP contribution in [0.5, 0.6) is 0 Å². The molecule has 1 N–H and O–H groups in total. The van der Waals surface area contributed by atoms with Gasteiger partial charge in [0.15, 0.2) is 0 Å². The van der Waals surface area contributed by atoms with Crippen LogP contribution in [0.2, 0.25) is 0 Å². The highest BCUT2D eigenvalue weighted by Gasteiger charge is 2.10. The lowest BCUT2D eigenvalue weighted by Gasteiger charge is -2.16. The number of hydrogen-bond acceptors (Lipinski definition) is 3. The van der Waals surface area contributed by atoms with Crippen LogP contribution in [-0.2, 0) is 14.9 Å². The van der Waals surface area contributed by atoms with Gasteiger partial charge < -0.3 is 4.90 Å². The van der Waals surface area contributed by atoms with Crippen LogP contribution in [0.3, 0.4) is 0 Å². The standard InChI is InChI=1S/C12H25NO4S/c1-3-4-5-6-7-9-12(14)13(2)10-8-11-18(15,16)17/h3-11H2,1-2H3,(H,15,16,17). The van der Waals surface area contributed by atoms with Crippen LogP contribution >= 0.6 is 0 Å². The number of amides is 1. The van der Waals surface area contributed by atoms with Gasteiger partial charge in [0.2, 0.25) is 5.91 Å². The molecule has 0 aliphatic heterocycles. The fraction of sp³-hybridized carbons (Fsp3) is 0.917. The molecule has 0 radical (unpaired) electrons. The SMILES string of the molecule is CCCCCCCC(=O)N(C)CCCS(=O)(=O)O. The molecule has 0 heterocycles. The number of nitrogens with zero attached hydrogens (tertiary/aromatic N) is 1. The minimum Gasteiger partial charge on any atom is -0.346 e. The van der Waals surface area contributed by atoms with Gasteiger partial charge in [0.25, 0.3) is 10.1 Å². The van der Waals surface area contributed by atoms with Gasteiger partial charge in [0.05, 0.1) is 5.75 Å². The van der Waals surface area contributed by atoms with Crippen LogP contribution < -0.4 is 0 Å². The van der Waals surface area contributed by atoms with Gasteiger partial charge in [-0.1, -0.05) is 32.6 Å². The Kier molecular flexibility index (Phi) is 9.01. The first-order valence-electron chi connectivity index (χ1n) is 6.56. The molecule has 0 fully saturated rings. The molecule has 0 saturated heterocycles. The highest BCUT2D eigenvalue weighted by atomic mass is 32.2. The summed E-state index contributed by atoms with van der Waals surface area (Å²) in [6.45, 7) is 2.52. The van der Waals surface area contributed by atoms with Crippen molar-refractivity contribution >= 4 is 16.0 Å². The predicted molar refractivity (Wildman–Crippen MR) is 72.0 cm³/mol.